The van der Waals surface area contributed by atoms with Crippen LogP contribution in [0.5, 0.6) is 0 Å². The van der Waals surface area contributed by atoms with E-state index in [0.29, 0.717) is 5.92 Å². The first-order valence-electron chi connectivity index (χ1n) is 8.52. The highest BCUT2D eigenvalue weighted by atomic mass is 35.5. The van der Waals surface area contributed by atoms with E-state index in [9.17, 15) is 0 Å². The van der Waals surface area contributed by atoms with Crippen LogP contribution in [0.1, 0.15) is 35.8 Å². The smallest absolute Gasteiger partial charge is 0.140 e. The van der Waals surface area contributed by atoms with Gasteiger partial charge in [-0.25, -0.2) is 0 Å². The molecule has 6 heteroatoms. The van der Waals surface area contributed by atoms with Gasteiger partial charge in [0.15, 0.2) is 0 Å². The number of halogens is 2. The molecule has 0 unspecified atom stereocenters. The molecule has 1 aliphatic heterocycles. The number of hydrogen-bond donors (Lipinski definition) is 0. The first kappa shape index (κ1) is 16.4. The van der Waals surface area contributed by atoms with Crippen LogP contribution in [0.4, 0.5) is 0 Å². The van der Waals surface area contributed by atoms with Crippen LogP contribution in [0, 0.1) is 0 Å². The molecule has 2 heterocycles. The van der Waals surface area contributed by atoms with Crippen molar-refractivity contribution in [2.45, 2.75) is 31.8 Å². The van der Waals surface area contributed by atoms with Gasteiger partial charge in [0.25, 0.3) is 0 Å². The van der Waals surface area contributed by atoms with E-state index in [0.717, 1.165) is 66.3 Å². The molecule has 0 spiro atoms. The molecule has 0 radical (unpaired) electrons. The maximum Gasteiger partial charge on any atom is 0.140 e. The molecule has 128 valence electrons. The Morgan fingerprint density at radius 2 is 1.62 bits per heavy atom. The molecule has 2 aromatic rings. The lowest BCUT2D eigenvalue weighted by molar-refractivity contribution is 0.120. The van der Waals surface area contributed by atoms with E-state index in [1.165, 1.54) is 12.8 Å². The van der Waals surface area contributed by atoms with E-state index in [-0.39, 0.29) is 0 Å². The summed E-state index contributed by atoms with van der Waals surface area (Å²) in [6, 6.07) is 7.83. The molecule has 0 bridgehead atoms. The van der Waals surface area contributed by atoms with Gasteiger partial charge in [-0.3, -0.25) is 9.80 Å². The van der Waals surface area contributed by atoms with Crippen molar-refractivity contribution in [3.63, 3.8) is 0 Å². The summed E-state index contributed by atoms with van der Waals surface area (Å²) in [5.41, 5.74) is 2.08. The first-order chi connectivity index (χ1) is 11.7. The van der Waals surface area contributed by atoms with Crippen molar-refractivity contribution < 1.29 is 4.52 Å². The highest BCUT2D eigenvalue weighted by Crippen LogP contribution is 2.40. The molecule has 2 aliphatic rings. The first-order valence-corrected chi connectivity index (χ1v) is 9.28. The fourth-order valence-electron chi connectivity index (χ4n) is 3.20. The van der Waals surface area contributed by atoms with Crippen LogP contribution in [-0.2, 0) is 13.1 Å². The Morgan fingerprint density at radius 3 is 2.25 bits per heavy atom. The van der Waals surface area contributed by atoms with Crippen LogP contribution in [0.15, 0.2) is 28.8 Å². The molecule has 24 heavy (non-hydrogen) atoms. The minimum Gasteiger partial charge on any atom is -0.361 e. The quantitative estimate of drug-likeness (QED) is 0.795. The Bertz CT molecular complexity index is 686. The molecule has 0 amide bonds. The van der Waals surface area contributed by atoms with Gasteiger partial charge in [-0.05, 0) is 25.0 Å². The zero-order valence-electron chi connectivity index (χ0n) is 13.5. The van der Waals surface area contributed by atoms with Crippen molar-refractivity contribution in [3.8, 4) is 0 Å². The predicted molar refractivity (Wildman–Crippen MR) is 95.5 cm³/mol. The Kier molecular flexibility index (Phi) is 4.81. The van der Waals surface area contributed by atoms with Gasteiger partial charge in [-0.2, -0.15) is 0 Å². The van der Waals surface area contributed by atoms with Gasteiger partial charge in [0.1, 0.15) is 5.76 Å². The second kappa shape index (κ2) is 7.04. The third kappa shape index (κ3) is 3.77. The van der Waals surface area contributed by atoms with Crippen molar-refractivity contribution in [1.29, 1.82) is 0 Å². The Labute approximate surface area is 152 Å². The SMILES string of the molecule is Clc1cccc(Cl)c1CN1CCN(Cc2cc(C3CC3)on2)CC1. The van der Waals surface area contributed by atoms with Crippen molar-refractivity contribution in [2.24, 2.45) is 0 Å². The summed E-state index contributed by atoms with van der Waals surface area (Å²) >= 11 is 12.6. The lowest BCUT2D eigenvalue weighted by Gasteiger charge is -2.34. The predicted octanol–water partition coefficient (Wildman–Crippen LogP) is 4.18. The van der Waals surface area contributed by atoms with Crippen molar-refractivity contribution in [3.05, 3.63) is 51.3 Å². The largest absolute Gasteiger partial charge is 0.361 e. The van der Waals surface area contributed by atoms with Gasteiger partial charge in [0.05, 0.1) is 5.69 Å². The zero-order valence-corrected chi connectivity index (χ0v) is 15.1. The molecule has 4 rings (SSSR count). The van der Waals surface area contributed by atoms with Gasteiger partial charge >= 0.3 is 0 Å². The van der Waals surface area contributed by atoms with Crippen molar-refractivity contribution in [1.82, 2.24) is 15.0 Å². The molecular formula is C18H21Cl2N3O. The zero-order chi connectivity index (χ0) is 16.5. The van der Waals surface area contributed by atoms with E-state index >= 15 is 0 Å². The second-order valence-electron chi connectivity index (χ2n) is 6.75. The van der Waals surface area contributed by atoms with Gasteiger partial charge in [0, 0.05) is 66.9 Å². The average Bonchev–Trinajstić information content (AvgIpc) is 3.33. The summed E-state index contributed by atoms with van der Waals surface area (Å²) in [6.07, 6.45) is 2.50. The summed E-state index contributed by atoms with van der Waals surface area (Å²) in [4.78, 5) is 4.83. The summed E-state index contributed by atoms with van der Waals surface area (Å²) in [5.74, 6) is 1.69. The monoisotopic (exact) mass is 365 g/mol. The van der Waals surface area contributed by atoms with Crippen molar-refractivity contribution >= 4 is 23.2 Å². The fourth-order valence-corrected chi connectivity index (χ4v) is 3.72. The highest BCUT2D eigenvalue weighted by Gasteiger charge is 2.28. The molecule has 1 aromatic carbocycles. The molecule has 0 N–H and O–H groups in total. The molecule has 0 atom stereocenters. The number of rotatable bonds is 5. The maximum atomic E-state index is 6.28. The number of hydrogen-bond acceptors (Lipinski definition) is 4. The molecule has 1 saturated carbocycles. The average molecular weight is 366 g/mol. The summed E-state index contributed by atoms with van der Waals surface area (Å²) in [6.45, 7) is 5.74. The van der Waals surface area contributed by atoms with E-state index in [1.54, 1.807) is 0 Å². The number of aromatic nitrogens is 1. The van der Waals surface area contributed by atoms with Crippen LogP contribution in [0.25, 0.3) is 0 Å². The third-order valence-electron chi connectivity index (χ3n) is 4.85. The minimum atomic E-state index is 0.628. The number of piperazine rings is 1. The van der Waals surface area contributed by atoms with Gasteiger partial charge in [-0.1, -0.05) is 34.4 Å². The maximum absolute atomic E-state index is 6.28. The van der Waals surface area contributed by atoms with Crippen LogP contribution in [0.2, 0.25) is 10.0 Å². The lowest BCUT2D eigenvalue weighted by Crippen LogP contribution is -2.45. The van der Waals surface area contributed by atoms with Gasteiger partial charge in [-0.15, -0.1) is 0 Å². The standard InChI is InChI=1S/C18H21Cl2N3O/c19-16-2-1-3-17(20)15(16)12-23-8-6-22(7-9-23)11-14-10-18(24-21-14)13-4-5-13/h1-3,10,13H,4-9,11-12H2. The number of benzene rings is 1. The van der Waals surface area contributed by atoms with Crippen LogP contribution >= 0.6 is 23.2 Å². The minimum absolute atomic E-state index is 0.628. The molecule has 2 fully saturated rings. The van der Waals surface area contributed by atoms with E-state index in [2.05, 4.69) is 21.0 Å². The van der Waals surface area contributed by atoms with Crippen LogP contribution in [-0.4, -0.2) is 41.1 Å². The summed E-state index contributed by atoms with van der Waals surface area (Å²) < 4.78 is 5.44. The normalized spacial score (nSPS) is 19.8. The molecule has 1 aliphatic carbocycles. The molecule has 1 saturated heterocycles. The fraction of sp³-hybridized carbons (Fsp3) is 0.500. The van der Waals surface area contributed by atoms with Gasteiger partial charge < -0.3 is 4.52 Å². The Balaban J connectivity index is 1.30. The molecule has 1 aromatic heterocycles. The Morgan fingerprint density at radius 1 is 1.00 bits per heavy atom. The third-order valence-corrected chi connectivity index (χ3v) is 5.56. The van der Waals surface area contributed by atoms with E-state index < -0.39 is 0 Å². The highest BCUT2D eigenvalue weighted by molar-refractivity contribution is 6.35. The molecular weight excluding hydrogens is 345 g/mol. The second-order valence-corrected chi connectivity index (χ2v) is 7.56. The number of nitrogens with zero attached hydrogens (tertiary/aromatic N) is 3. The van der Waals surface area contributed by atoms with Gasteiger partial charge in [0.2, 0.25) is 0 Å². The topological polar surface area (TPSA) is 32.5 Å². The lowest BCUT2D eigenvalue weighted by atomic mass is 10.2. The van der Waals surface area contributed by atoms with Crippen LogP contribution in [0.3, 0.4) is 0 Å². The Hall–Kier alpha value is -1.07. The molecule has 4 nitrogen and oxygen atoms in total. The van der Waals surface area contributed by atoms with E-state index in [4.69, 9.17) is 27.7 Å². The summed E-state index contributed by atoms with van der Waals surface area (Å²) in [5, 5.41) is 5.72. The van der Waals surface area contributed by atoms with Crippen molar-refractivity contribution in [2.75, 3.05) is 26.2 Å². The van der Waals surface area contributed by atoms with Crippen LogP contribution < -0.4 is 0 Å². The van der Waals surface area contributed by atoms with E-state index in [1.807, 2.05) is 18.2 Å². The summed E-state index contributed by atoms with van der Waals surface area (Å²) in [7, 11) is 0.